The molecule has 0 spiro atoms. The molecule has 2 nitrogen and oxygen atoms in total. The van der Waals surface area contributed by atoms with Crippen molar-refractivity contribution in [2.75, 3.05) is 0 Å². The number of hydrogen-bond acceptors (Lipinski definition) is 1. The summed E-state index contributed by atoms with van der Waals surface area (Å²) >= 11 is 0. The third kappa shape index (κ3) is 2.35. The van der Waals surface area contributed by atoms with E-state index in [0.717, 1.165) is 12.3 Å². The second-order valence-electron chi connectivity index (χ2n) is 5.83. The summed E-state index contributed by atoms with van der Waals surface area (Å²) in [7, 11) is 0. The Labute approximate surface area is 92.8 Å². The van der Waals surface area contributed by atoms with E-state index in [1.54, 1.807) is 0 Å². The Hall–Kier alpha value is -0.530. The maximum atomic E-state index is 11.5. The van der Waals surface area contributed by atoms with Gasteiger partial charge in [-0.15, -0.1) is 0 Å². The number of nitrogens with one attached hydrogen (secondary N) is 1. The average molecular weight is 209 g/mol. The Morgan fingerprint density at radius 2 is 1.73 bits per heavy atom. The molecule has 0 aromatic carbocycles. The number of carbonyl (C=O) groups excluding carboxylic acids is 1. The number of rotatable bonds is 1. The van der Waals surface area contributed by atoms with Crippen LogP contribution >= 0.6 is 0 Å². The van der Waals surface area contributed by atoms with E-state index in [1.807, 2.05) is 0 Å². The second kappa shape index (κ2) is 4.15. The molecule has 2 rings (SSSR count). The first kappa shape index (κ1) is 11.0. The maximum Gasteiger partial charge on any atom is 0.220 e. The topological polar surface area (TPSA) is 29.1 Å². The summed E-state index contributed by atoms with van der Waals surface area (Å²) in [5.41, 5.74) is 0.0338. The SMILES string of the molecule is CC1(C)NC(=O)CC1C1CCCCCC1. The highest BCUT2D eigenvalue weighted by atomic mass is 16.2. The lowest BCUT2D eigenvalue weighted by Gasteiger charge is -2.32. The molecule has 2 aliphatic rings. The fourth-order valence-electron chi connectivity index (χ4n) is 3.43. The van der Waals surface area contributed by atoms with Crippen molar-refractivity contribution in [2.45, 2.75) is 64.3 Å². The van der Waals surface area contributed by atoms with E-state index in [-0.39, 0.29) is 11.4 Å². The normalized spacial score (nSPS) is 32.4. The summed E-state index contributed by atoms with van der Waals surface area (Å²) in [4.78, 5) is 11.5. The fourth-order valence-corrected chi connectivity index (χ4v) is 3.43. The number of amides is 1. The van der Waals surface area contributed by atoms with E-state index >= 15 is 0 Å². The smallest absolute Gasteiger partial charge is 0.220 e. The second-order valence-corrected chi connectivity index (χ2v) is 5.83. The van der Waals surface area contributed by atoms with E-state index in [4.69, 9.17) is 0 Å². The molecule has 0 aromatic heterocycles. The summed E-state index contributed by atoms with van der Waals surface area (Å²) in [5, 5.41) is 3.12. The van der Waals surface area contributed by atoms with Crippen molar-refractivity contribution in [1.82, 2.24) is 5.32 Å². The van der Waals surface area contributed by atoms with Crippen LogP contribution in [0, 0.1) is 11.8 Å². The van der Waals surface area contributed by atoms with Crippen LogP contribution in [0.2, 0.25) is 0 Å². The lowest BCUT2D eigenvalue weighted by molar-refractivity contribution is -0.119. The van der Waals surface area contributed by atoms with Gasteiger partial charge in [0.1, 0.15) is 0 Å². The predicted octanol–water partition coefficient (Wildman–Crippen LogP) is 2.87. The molecular weight excluding hydrogens is 186 g/mol. The summed E-state index contributed by atoms with van der Waals surface area (Å²) in [5.74, 6) is 1.61. The minimum atomic E-state index is 0.0338. The van der Waals surface area contributed by atoms with Crippen LogP contribution in [0.25, 0.3) is 0 Å². The number of hydrogen-bond donors (Lipinski definition) is 1. The van der Waals surface area contributed by atoms with Gasteiger partial charge in [-0.2, -0.15) is 0 Å². The van der Waals surface area contributed by atoms with Gasteiger partial charge < -0.3 is 5.32 Å². The third-order valence-corrected chi connectivity index (χ3v) is 4.26. The minimum Gasteiger partial charge on any atom is -0.351 e. The largest absolute Gasteiger partial charge is 0.351 e. The van der Waals surface area contributed by atoms with Gasteiger partial charge in [0.15, 0.2) is 0 Å². The first-order chi connectivity index (χ1) is 7.09. The van der Waals surface area contributed by atoms with Gasteiger partial charge in [-0.05, 0) is 25.7 Å². The van der Waals surface area contributed by atoms with Crippen molar-refractivity contribution in [3.63, 3.8) is 0 Å². The summed E-state index contributed by atoms with van der Waals surface area (Å²) in [6.45, 7) is 4.38. The summed E-state index contributed by atoms with van der Waals surface area (Å²) in [6, 6.07) is 0. The van der Waals surface area contributed by atoms with Crippen LogP contribution in [0.5, 0.6) is 0 Å². The molecule has 0 aromatic rings. The molecule has 1 aliphatic carbocycles. The van der Waals surface area contributed by atoms with E-state index in [9.17, 15) is 4.79 Å². The van der Waals surface area contributed by atoms with E-state index in [0.29, 0.717) is 5.92 Å². The Kier molecular flexibility index (Phi) is 3.03. The maximum absolute atomic E-state index is 11.5. The molecule has 1 aliphatic heterocycles. The first-order valence-corrected chi connectivity index (χ1v) is 6.40. The van der Waals surface area contributed by atoms with Crippen molar-refractivity contribution in [1.29, 1.82) is 0 Å². The summed E-state index contributed by atoms with van der Waals surface area (Å²) < 4.78 is 0. The molecule has 86 valence electrons. The van der Waals surface area contributed by atoms with Gasteiger partial charge in [0.05, 0.1) is 0 Å². The highest BCUT2D eigenvalue weighted by Crippen LogP contribution is 2.39. The zero-order valence-corrected chi connectivity index (χ0v) is 10.0. The molecule has 15 heavy (non-hydrogen) atoms. The number of carbonyl (C=O) groups is 1. The lowest BCUT2D eigenvalue weighted by Crippen LogP contribution is -2.42. The lowest BCUT2D eigenvalue weighted by atomic mass is 9.75. The molecule has 1 heterocycles. The molecule has 1 amide bonds. The van der Waals surface area contributed by atoms with Crippen LogP contribution in [0.1, 0.15) is 58.8 Å². The first-order valence-electron chi connectivity index (χ1n) is 6.40. The van der Waals surface area contributed by atoms with E-state index < -0.39 is 0 Å². The van der Waals surface area contributed by atoms with Crippen LogP contribution in [-0.2, 0) is 4.79 Å². The Morgan fingerprint density at radius 1 is 1.13 bits per heavy atom. The molecule has 2 fully saturated rings. The molecule has 0 bridgehead atoms. The van der Waals surface area contributed by atoms with E-state index in [1.165, 1.54) is 38.5 Å². The van der Waals surface area contributed by atoms with Gasteiger partial charge in [-0.3, -0.25) is 4.79 Å². The molecule has 1 N–H and O–H groups in total. The minimum absolute atomic E-state index is 0.0338. The molecule has 1 saturated heterocycles. The average Bonchev–Trinajstić information content (AvgIpc) is 2.41. The van der Waals surface area contributed by atoms with Gasteiger partial charge in [-0.25, -0.2) is 0 Å². The Balaban J connectivity index is 2.05. The predicted molar refractivity (Wildman–Crippen MR) is 61.5 cm³/mol. The van der Waals surface area contributed by atoms with Gasteiger partial charge in [0.25, 0.3) is 0 Å². The molecule has 2 heteroatoms. The van der Waals surface area contributed by atoms with Gasteiger partial charge >= 0.3 is 0 Å². The van der Waals surface area contributed by atoms with Crippen molar-refractivity contribution in [3.8, 4) is 0 Å². The Bertz CT molecular complexity index is 239. The zero-order chi connectivity index (χ0) is 10.9. The Morgan fingerprint density at radius 3 is 2.20 bits per heavy atom. The highest BCUT2D eigenvalue weighted by molar-refractivity contribution is 5.79. The van der Waals surface area contributed by atoms with Crippen LogP contribution in [0.3, 0.4) is 0 Å². The van der Waals surface area contributed by atoms with Crippen molar-refractivity contribution >= 4 is 5.91 Å². The monoisotopic (exact) mass is 209 g/mol. The van der Waals surface area contributed by atoms with Gasteiger partial charge in [-0.1, -0.05) is 38.5 Å². The van der Waals surface area contributed by atoms with Gasteiger partial charge in [0.2, 0.25) is 5.91 Å². The van der Waals surface area contributed by atoms with Crippen LogP contribution in [-0.4, -0.2) is 11.4 Å². The van der Waals surface area contributed by atoms with Crippen LogP contribution < -0.4 is 5.32 Å². The van der Waals surface area contributed by atoms with Crippen molar-refractivity contribution in [3.05, 3.63) is 0 Å². The quantitative estimate of drug-likeness (QED) is 0.661. The zero-order valence-electron chi connectivity index (χ0n) is 10.0. The molecule has 1 atom stereocenters. The third-order valence-electron chi connectivity index (χ3n) is 4.26. The molecule has 1 unspecified atom stereocenters. The molecule has 1 saturated carbocycles. The highest BCUT2D eigenvalue weighted by Gasteiger charge is 2.42. The van der Waals surface area contributed by atoms with Crippen LogP contribution in [0.4, 0.5) is 0 Å². The van der Waals surface area contributed by atoms with E-state index in [2.05, 4.69) is 19.2 Å². The van der Waals surface area contributed by atoms with Gasteiger partial charge in [0, 0.05) is 12.0 Å². The standard InChI is InChI=1S/C13H23NO/c1-13(2)11(9-12(15)14-13)10-7-5-3-4-6-8-10/h10-11H,3-9H2,1-2H3,(H,14,15). The van der Waals surface area contributed by atoms with Crippen molar-refractivity contribution < 1.29 is 4.79 Å². The van der Waals surface area contributed by atoms with Crippen molar-refractivity contribution in [2.24, 2.45) is 11.8 Å². The molecule has 0 radical (unpaired) electrons. The fraction of sp³-hybridized carbons (Fsp3) is 0.923. The molecular formula is C13H23NO. The van der Waals surface area contributed by atoms with Crippen LogP contribution in [0.15, 0.2) is 0 Å². The summed E-state index contributed by atoms with van der Waals surface area (Å²) in [6.07, 6.45) is 8.96.